The Hall–Kier alpha value is -2.36. The minimum absolute atomic E-state index is 0.0570. The highest BCUT2D eigenvalue weighted by atomic mass is 16.2. The van der Waals surface area contributed by atoms with Crippen molar-refractivity contribution in [2.45, 2.75) is 19.3 Å². The van der Waals surface area contributed by atoms with Crippen LogP contribution in [0.4, 0.5) is 0 Å². The first-order chi connectivity index (χ1) is 9.74. The van der Waals surface area contributed by atoms with E-state index in [-0.39, 0.29) is 11.7 Å². The Bertz CT molecular complexity index is 602. The number of nitrogens with one attached hydrogen (secondary N) is 2. The number of rotatable bonds is 2. The molecule has 1 unspecified atom stereocenters. The van der Waals surface area contributed by atoms with Gasteiger partial charge in [-0.15, -0.1) is 0 Å². The van der Waals surface area contributed by atoms with Crippen molar-refractivity contribution >= 4 is 11.7 Å². The van der Waals surface area contributed by atoms with E-state index in [1.165, 1.54) is 0 Å². The van der Waals surface area contributed by atoms with Gasteiger partial charge in [0.25, 0.3) is 0 Å². The van der Waals surface area contributed by atoms with Gasteiger partial charge in [-0.05, 0) is 36.5 Å². The first kappa shape index (κ1) is 12.7. The summed E-state index contributed by atoms with van der Waals surface area (Å²) >= 11 is 0. The van der Waals surface area contributed by atoms with E-state index in [1.807, 2.05) is 42.5 Å². The maximum Gasteiger partial charge on any atom is 0.249 e. The number of hydrogen-bond acceptors (Lipinski definition) is 3. The molecule has 1 aliphatic carbocycles. The van der Waals surface area contributed by atoms with Crippen molar-refractivity contribution in [3.05, 3.63) is 59.3 Å². The number of ketones is 1. The van der Waals surface area contributed by atoms with Crippen LogP contribution in [0.3, 0.4) is 0 Å². The van der Waals surface area contributed by atoms with Crippen LogP contribution in [-0.2, 0) is 16.0 Å². The number of fused-ring (bicyclic) bond motifs is 1. The van der Waals surface area contributed by atoms with E-state index in [0.29, 0.717) is 12.8 Å². The molecule has 0 saturated carbocycles. The zero-order valence-corrected chi connectivity index (χ0v) is 11.1. The van der Waals surface area contributed by atoms with Crippen LogP contribution < -0.4 is 10.9 Å². The van der Waals surface area contributed by atoms with Crippen molar-refractivity contribution < 1.29 is 9.59 Å². The van der Waals surface area contributed by atoms with Gasteiger partial charge in [-0.2, -0.15) is 0 Å². The summed E-state index contributed by atoms with van der Waals surface area (Å²) in [5.41, 5.74) is 8.02. The highest BCUT2D eigenvalue weighted by Crippen LogP contribution is 2.23. The van der Waals surface area contributed by atoms with Crippen molar-refractivity contribution in [2.24, 2.45) is 5.92 Å². The highest BCUT2D eigenvalue weighted by Gasteiger charge is 2.31. The second-order valence-electron chi connectivity index (χ2n) is 5.09. The Morgan fingerprint density at radius 2 is 1.90 bits per heavy atom. The summed E-state index contributed by atoms with van der Waals surface area (Å²) in [6.07, 6.45) is 5.79. The van der Waals surface area contributed by atoms with Gasteiger partial charge < -0.3 is 0 Å². The maximum absolute atomic E-state index is 12.5. The quantitative estimate of drug-likeness (QED) is 0.802. The lowest BCUT2D eigenvalue weighted by molar-refractivity contribution is -0.133. The SMILES string of the molecule is O=C1NNC2=CCCC(=C2)C(=O)C1Cc1ccccc1. The largest absolute Gasteiger partial charge is 0.299 e. The molecular formula is C16H16N2O2. The van der Waals surface area contributed by atoms with Crippen LogP contribution in [0, 0.1) is 5.92 Å². The molecule has 0 saturated heterocycles. The van der Waals surface area contributed by atoms with E-state index in [1.54, 1.807) is 0 Å². The fourth-order valence-electron chi connectivity index (χ4n) is 2.58. The molecule has 4 nitrogen and oxygen atoms in total. The summed E-state index contributed by atoms with van der Waals surface area (Å²) in [7, 11) is 0. The summed E-state index contributed by atoms with van der Waals surface area (Å²) in [6.45, 7) is 0. The lowest BCUT2D eigenvalue weighted by Gasteiger charge is -2.24. The van der Waals surface area contributed by atoms with E-state index in [4.69, 9.17) is 0 Å². The molecule has 102 valence electrons. The summed E-state index contributed by atoms with van der Waals surface area (Å²) in [5.74, 6) is -0.980. The van der Waals surface area contributed by atoms with Crippen LogP contribution in [0.5, 0.6) is 0 Å². The second-order valence-corrected chi connectivity index (χ2v) is 5.09. The van der Waals surface area contributed by atoms with Crippen molar-refractivity contribution in [3.8, 4) is 0 Å². The number of Topliss-reactive ketones (excluding diaryl/α,β-unsaturated/α-hetero) is 1. The molecule has 0 aromatic heterocycles. The molecule has 3 rings (SSSR count). The van der Waals surface area contributed by atoms with Crippen molar-refractivity contribution in [1.29, 1.82) is 0 Å². The van der Waals surface area contributed by atoms with E-state index >= 15 is 0 Å². The summed E-state index contributed by atoms with van der Waals surface area (Å²) in [6, 6.07) is 9.63. The fourth-order valence-corrected chi connectivity index (χ4v) is 2.58. The van der Waals surface area contributed by atoms with Crippen molar-refractivity contribution in [3.63, 3.8) is 0 Å². The van der Waals surface area contributed by atoms with Crippen LogP contribution in [0.25, 0.3) is 0 Å². The molecule has 2 bridgehead atoms. The van der Waals surface area contributed by atoms with Crippen LogP contribution in [-0.4, -0.2) is 11.7 Å². The lowest BCUT2D eigenvalue weighted by Crippen LogP contribution is -2.46. The van der Waals surface area contributed by atoms with Crippen molar-refractivity contribution in [1.82, 2.24) is 10.9 Å². The number of allylic oxidation sites excluding steroid dienone is 3. The maximum atomic E-state index is 12.5. The van der Waals surface area contributed by atoms with Crippen LogP contribution in [0.2, 0.25) is 0 Å². The molecular weight excluding hydrogens is 252 g/mol. The minimum atomic E-state index is -0.657. The van der Waals surface area contributed by atoms with E-state index in [9.17, 15) is 9.59 Å². The smallest absolute Gasteiger partial charge is 0.249 e. The predicted octanol–water partition coefficient (Wildman–Crippen LogP) is 1.65. The molecule has 4 heteroatoms. The van der Waals surface area contributed by atoms with Gasteiger partial charge in [0.1, 0.15) is 5.92 Å². The Kier molecular flexibility index (Phi) is 3.37. The number of carbonyl (C=O) groups excluding carboxylic acids is 2. The summed E-state index contributed by atoms with van der Waals surface area (Å²) in [4.78, 5) is 24.7. The molecule has 2 N–H and O–H groups in total. The van der Waals surface area contributed by atoms with Crippen LogP contribution >= 0.6 is 0 Å². The van der Waals surface area contributed by atoms with Gasteiger partial charge in [-0.25, -0.2) is 0 Å². The van der Waals surface area contributed by atoms with Crippen molar-refractivity contribution in [2.75, 3.05) is 0 Å². The van der Waals surface area contributed by atoms with Gasteiger partial charge in [-0.3, -0.25) is 20.4 Å². The Morgan fingerprint density at radius 3 is 2.70 bits per heavy atom. The first-order valence-electron chi connectivity index (χ1n) is 6.79. The summed E-state index contributed by atoms with van der Waals surface area (Å²) in [5, 5.41) is 0. The third-order valence-corrected chi connectivity index (χ3v) is 3.67. The van der Waals surface area contributed by atoms with Crippen LogP contribution in [0.1, 0.15) is 18.4 Å². The van der Waals surface area contributed by atoms with E-state index < -0.39 is 5.92 Å². The third kappa shape index (κ3) is 2.50. The van der Waals surface area contributed by atoms with Crippen LogP contribution in [0.15, 0.2) is 53.8 Å². The number of hydrogen-bond donors (Lipinski definition) is 2. The third-order valence-electron chi connectivity index (χ3n) is 3.67. The molecule has 0 fully saturated rings. The average Bonchev–Trinajstić information content (AvgIpc) is 2.50. The topological polar surface area (TPSA) is 58.2 Å². The first-order valence-corrected chi connectivity index (χ1v) is 6.79. The van der Waals surface area contributed by atoms with Gasteiger partial charge >= 0.3 is 0 Å². The lowest BCUT2D eigenvalue weighted by atomic mass is 9.86. The van der Waals surface area contributed by atoms with E-state index in [0.717, 1.165) is 23.3 Å². The van der Waals surface area contributed by atoms with E-state index in [2.05, 4.69) is 10.9 Å². The Labute approximate surface area is 117 Å². The summed E-state index contributed by atoms with van der Waals surface area (Å²) < 4.78 is 0. The molecule has 1 aromatic carbocycles. The molecule has 1 amide bonds. The molecule has 0 spiro atoms. The molecule has 1 atom stereocenters. The normalized spacial score (nSPS) is 21.9. The monoisotopic (exact) mass is 268 g/mol. The highest BCUT2D eigenvalue weighted by molar-refractivity contribution is 6.10. The van der Waals surface area contributed by atoms with Gasteiger partial charge in [0.2, 0.25) is 5.91 Å². The fraction of sp³-hybridized carbons (Fsp3) is 0.250. The zero-order valence-electron chi connectivity index (χ0n) is 11.1. The van der Waals surface area contributed by atoms with Gasteiger partial charge in [-0.1, -0.05) is 36.4 Å². The molecule has 2 aliphatic rings. The van der Waals surface area contributed by atoms with Gasteiger partial charge in [0, 0.05) is 0 Å². The molecule has 1 aliphatic heterocycles. The number of benzene rings is 1. The Balaban J connectivity index is 1.88. The zero-order chi connectivity index (χ0) is 13.9. The van der Waals surface area contributed by atoms with Gasteiger partial charge in [0.15, 0.2) is 5.78 Å². The predicted molar refractivity (Wildman–Crippen MR) is 75.3 cm³/mol. The Morgan fingerprint density at radius 1 is 1.10 bits per heavy atom. The average molecular weight is 268 g/mol. The number of hydrazine groups is 1. The molecule has 20 heavy (non-hydrogen) atoms. The standard InChI is InChI=1S/C16H16N2O2/c19-15-12-7-4-8-13(10-12)17-18-16(20)14(15)9-11-5-2-1-3-6-11/h1-3,5-6,8,10,14,17H,4,7,9H2,(H,18,20). The second kappa shape index (κ2) is 5.33. The minimum Gasteiger partial charge on any atom is -0.299 e. The molecule has 0 radical (unpaired) electrons. The number of carbonyl (C=O) groups is 2. The molecule has 1 aromatic rings. The van der Waals surface area contributed by atoms with Gasteiger partial charge in [0.05, 0.1) is 5.70 Å². The number of amides is 1. The molecule has 1 heterocycles.